The van der Waals surface area contributed by atoms with Crippen molar-refractivity contribution in [3.05, 3.63) is 106 Å². The summed E-state index contributed by atoms with van der Waals surface area (Å²) in [4.78, 5) is 14.8. The first-order valence-electron chi connectivity index (χ1n) is 10.5. The van der Waals surface area contributed by atoms with Crippen molar-refractivity contribution < 1.29 is 4.79 Å². The highest BCUT2D eigenvalue weighted by Crippen LogP contribution is 2.39. The standard InChI is InChI=1S/C27H22IN3O/c28-24-12-4-2-8-20(24)17-26(32)30-21-9-5-10-22(18-21)31-16-6-15-29-27-23-11-3-1-7-19(23)13-14-25(27)31/h1-14,16,18,29H,15,17H2,(H,30,32). The van der Waals surface area contributed by atoms with Gasteiger partial charge in [-0.1, -0.05) is 54.6 Å². The molecule has 0 fully saturated rings. The molecule has 0 spiro atoms. The first-order chi connectivity index (χ1) is 15.7. The summed E-state index contributed by atoms with van der Waals surface area (Å²) in [6.07, 6.45) is 4.55. The van der Waals surface area contributed by atoms with Gasteiger partial charge < -0.3 is 15.5 Å². The number of amides is 1. The van der Waals surface area contributed by atoms with E-state index in [0.29, 0.717) is 6.42 Å². The van der Waals surface area contributed by atoms with E-state index in [-0.39, 0.29) is 5.91 Å². The molecule has 0 bridgehead atoms. The zero-order valence-corrected chi connectivity index (χ0v) is 19.5. The molecule has 0 aromatic heterocycles. The fourth-order valence-electron chi connectivity index (χ4n) is 4.02. The van der Waals surface area contributed by atoms with E-state index in [1.165, 1.54) is 10.8 Å². The second-order valence-electron chi connectivity index (χ2n) is 7.68. The van der Waals surface area contributed by atoms with Crippen molar-refractivity contribution in [1.29, 1.82) is 0 Å². The summed E-state index contributed by atoms with van der Waals surface area (Å²) in [6.45, 7) is 0.754. The second-order valence-corrected chi connectivity index (χ2v) is 8.85. The van der Waals surface area contributed by atoms with Gasteiger partial charge in [-0.3, -0.25) is 4.79 Å². The van der Waals surface area contributed by atoms with Gasteiger partial charge in [-0.25, -0.2) is 0 Å². The molecule has 4 aromatic rings. The lowest BCUT2D eigenvalue weighted by Crippen LogP contribution is -2.15. The van der Waals surface area contributed by atoms with Crippen LogP contribution in [0.4, 0.5) is 22.7 Å². The molecular weight excluding hydrogens is 509 g/mol. The normalized spacial score (nSPS) is 12.7. The number of benzene rings is 4. The maximum Gasteiger partial charge on any atom is 0.228 e. The predicted molar refractivity (Wildman–Crippen MR) is 142 cm³/mol. The number of carbonyl (C=O) groups excluding carboxylic acids is 1. The highest BCUT2D eigenvalue weighted by Gasteiger charge is 2.17. The third-order valence-corrected chi connectivity index (χ3v) is 6.59. The molecular formula is C27H22IN3O. The number of hydrogen-bond donors (Lipinski definition) is 2. The Bertz CT molecular complexity index is 1330. The molecule has 0 unspecified atom stereocenters. The van der Waals surface area contributed by atoms with Crippen LogP contribution < -0.4 is 15.5 Å². The van der Waals surface area contributed by atoms with Crippen molar-refractivity contribution in [3.63, 3.8) is 0 Å². The highest BCUT2D eigenvalue weighted by atomic mass is 127. The van der Waals surface area contributed by atoms with Gasteiger partial charge in [0.15, 0.2) is 0 Å². The molecule has 1 aliphatic heterocycles. The van der Waals surface area contributed by atoms with Crippen LogP contribution in [0.25, 0.3) is 10.8 Å². The van der Waals surface area contributed by atoms with E-state index >= 15 is 0 Å². The van der Waals surface area contributed by atoms with Crippen LogP contribution in [0.3, 0.4) is 0 Å². The summed E-state index contributed by atoms with van der Waals surface area (Å²) in [5.74, 6) is -0.0225. The Balaban J connectivity index is 1.44. The molecule has 5 heteroatoms. The molecule has 0 saturated carbocycles. The zero-order valence-electron chi connectivity index (χ0n) is 17.4. The summed E-state index contributed by atoms with van der Waals surface area (Å²) in [5.41, 5.74) is 5.00. The van der Waals surface area contributed by atoms with Crippen LogP contribution in [0, 0.1) is 3.57 Å². The fraction of sp³-hybridized carbons (Fsp3) is 0.0741. The highest BCUT2D eigenvalue weighted by molar-refractivity contribution is 14.1. The lowest BCUT2D eigenvalue weighted by atomic mass is 10.1. The van der Waals surface area contributed by atoms with Crippen LogP contribution in [0.1, 0.15) is 5.56 Å². The maximum absolute atomic E-state index is 12.7. The molecule has 4 nitrogen and oxygen atoms in total. The quantitative estimate of drug-likeness (QED) is 0.288. The van der Waals surface area contributed by atoms with Crippen molar-refractivity contribution in [2.75, 3.05) is 22.1 Å². The third-order valence-electron chi connectivity index (χ3n) is 5.53. The van der Waals surface area contributed by atoms with Gasteiger partial charge in [-0.15, -0.1) is 0 Å². The summed E-state index contributed by atoms with van der Waals surface area (Å²) in [7, 11) is 0. The Kier molecular flexibility index (Phi) is 5.81. The van der Waals surface area contributed by atoms with Crippen LogP contribution in [0.15, 0.2) is 97.2 Å². The van der Waals surface area contributed by atoms with Crippen molar-refractivity contribution in [1.82, 2.24) is 0 Å². The average Bonchev–Trinajstić information content (AvgIpc) is 3.03. The fourth-order valence-corrected chi connectivity index (χ4v) is 4.60. The molecule has 158 valence electrons. The minimum absolute atomic E-state index is 0.0225. The monoisotopic (exact) mass is 531 g/mol. The third kappa shape index (κ3) is 4.21. The van der Waals surface area contributed by atoms with Gasteiger partial charge in [0.1, 0.15) is 0 Å². The summed E-state index contributed by atoms with van der Waals surface area (Å²) in [5, 5.41) is 9.01. The van der Waals surface area contributed by atoms with Crippen LogP contribution in [0.2, 0.25) is 0 Å². The van der Waals surface area contributed by atoms with Gasteiger partial charge in [0.05, 0.1) is 17.8 Å². The number of carbonyl (C=O) groups is 1. The minimum atomic E-state index is -0.0225. The Morgan fingerprint density at radius 3 is 2.72 bits per heavy atom. The largest absolute Gasteiger partial charge is 0.379 e. The molecule has 32 heavy (non-hydrogen) atoms. The number of hydrogen-bond acceptors (Lipinski definition) is 3. The van der Waals surface area contributed by atoms with Crippen molar-refractivity contribution in [2.45, 2.75) is 6.42 Å². The second kappa shape index (κ2) is 9.04. The molecule has 4 aromatic carbocycles. The molecule has 1 heterocycles. The first kappa shape index (κ1) is 20.6. The van der Waals surface area contributed by atoms with E-state index in [0.717, 1.165) is 38.4 Å². The van der Waals surface area contributed by atoms with Crippen LogP contribution >= 0.6 is 22.6 Å². The molecule has 0 radical (unpaired) electrons. The maximum atomic E-state index is 12.7. The molecule has 1 amide bonds. The Morgan fingerprint density at radius 2 is 1.81 bits per heavy atom. The minimum Gasteiger partial charge on any atom is -0.379 e. The Morgan fingerprint density at radius 1 is 0.969 bits per heavy atom. The molecule has 5 rings (SSSR count). The average molecular weight is 531 g/mol. The first-order valence-corrected chi connectivity index (χ1v) is 11.6. The lowest BCUT2D eigenvalue weighted by Gasteiger charge is -2.24. The van der Waals surface area contributed by atoms with E-state index in [9.17, 15) is 4.79 Å². The molecule has 1 aliphatic rings. The number of nitrogens with one attached hydrogen (secondary N) is 2. The van der Waals surface area contributed by atoms with Gasteiger partial charge in [-0.2, -0.15) is 0 Å². The van der Waals surface area contributed by atoms with Crippen molar-refractivity contribution >= 4 is 62.0 Å². The number of nitrogens with zero attached hydrogens (tertiary/aromatic N) is 1. The Hall–Kier alpha value is -3.32. The predicted octanol–water partition coefficient (Wildman–Crippen LogP) is 6.70. The van der Waals surface area contributed by atoms with Gasteiger partial charge in [0.25, 0.3) is 0 Å². The van der Waals surface area contributed by atoms with Gasteiger partial charge in [0.2, 0.25) is 5.91 Å². The van der Waals surface area contributed by atoms with E-state index in [2.05, 4.69) is 92.9 Å². The van der Waals surface area contributed by atoms with E-state index in [1.807, 2.05) is 42.5 Å². The van der Waals surface area contributed by atoms with E-state index in [1.54, 1.807) is 0 Å². The van der Waals surface area contributed by atoms with Gasteiger partial charge >= 0.3 is 0 Å². The zero-order chi connectivity index (χ0) is 21.9. The van der Waals surface area contributed by atoms with Gasteiger partial charge in [-0.05, 0) is 69.9 Å². The van der Waals surface area contributed by atoms with Crippen molar-refractivity contribution in [2.24, 2.45) is 0 Å². The number of fused-ring (bicyclic) bond motifs is 3. The van der Waals surface area contributed by atoms with E-state index in [4.69, 9.17) is 0 Å². The number of halogens is 1. The topological polar surface area (TPSA) is 44.4 Å². The van der Waals surface area contributed by atoms with Gasteiger partial charge in [0, 0.05) is 33.1 Å². The smallest absolute Gasteiger partial charge is 0.228 e. The molecule has 0 saturated heterocycles. The van der Waals surface area contributed by atoms with E-state index < -0.39 is 0 Å². The van der Waals surface area contributed by atoms with Crippen LogP contribution in [-0.4, -0.2) is 12.5 Å². The number of anilines is 4. The molecule has 2 N–H and O–H groups in total. The summed E-state index contributed by atoms with van der Waals surface area (Å²) in [6, 6.07) is 28.6. The van der Waals surface area contributed by atoms with Crippen molar-refractivity contribution in [3.8, 4) is 0 Å². The van der Waals surface area contributed by atoms with Crippen LogP contribution in [-0.2, 0) is 11.2 Å². The lowest BCUT2D eigenvalue weighted by molar-refractivity contribution is -0.115. The summed E-state index contributed by atoms with van der Waals surface area (Å²) >= 11 is 2.27. The Labute approximate surface area is 201 Å². The SMILES string of the molecule is O=C(Cc1ccccc1I)Nc1cccc(N2C=CCNc3c2ccc2ccccc32)c1. The summed E-state index contributed by atoms with van der Waals surface area (Å²) < 4.78 is 1.10. The molecule has 0 aliphatic carbocycles. The molecule has 0 atom stereocenters. The van der Waals surface area contributed by atoms with Crippen LogP contribution in [0.5, 0.6) is 0 Å². The number of rotatable bonds is 4.